The molecule has 0 N–H and O–H groups in total. The Morgan fingerprint density at radius 3 is 2.48 bits per heavy atom. The van der Waals surface area contributed by atoms with Crippen molar-refractivity contribution in [2.45, 2.75) is 42.7 Å². The predicted molar refractivity (Wildman–Crippen MR) is 83.7 cm³/mol. The molecule has 0 amide bonds. The molecule has 0 bridgehead atoms. The zero-order valence-electron chi connectivity index (χ0n) is 13.1. The highest BCUT2D eigenvalue weighted by Gasteiger charge is 2.42. The molecule has 1 unspecified atom stereocenters. The zero-order chi connectivity index (χ0) is 18.2. The molecule has 2 aliphatic heterocycles. The number of sulfonamides is 1. The lowest BCUT2D eigenvalue weighted by molar-refractivity contribution is -0.137. The van der Waals surface area contributed by atoms with E-state index in [1.807, 2.05) is 0 Å². The van der Waals surface area contributed by atoms with Gasteiger partial charge in [-0.2, -0.15) is 17.5 Å². The Labute approximate surface area is 148 Å². The number of alkyl halides is 3. The lowest BCUT2D eigenvalue weighted by atomic mass is 10.0. The molecular weight excluding hydrogens is 383 g/mol. The second-order valence-corrected chi connectivity index (χ2v) is 8.20. The van der Waals surface area contributed by atoms with Crippen LogP contribution in [0.25, 0.3) is 0 Å². The molecule has 25 heavy (non-hydrogen) atoms. The number of benzene rings is 1. The number of ether oxygens (including phenoxy) is 2. The number of rotatable bonds is 3. The van der Waals surface area contributed by atoms with Gasteiger partial charge in [-0.1, -0.05) is 18.0 Å². The van der Waals surface area contributed by atoms with E-state index in [-0.39, 0.29) is 11.6 Å². The van der Waals surface area contributed by atoms with Crippen LogP contribution in [0.5, 0.6) is 0 Å². The van der Waals surface area contributed by atoms with Crippen LogP contribution >= 0.6 is 11.6 Å². The standard InChI is InChI=1S/C15H17ClF3NO4S/c16-11-5-4-10(15(17,18)19)9-13(11)25(21,22)20-6-2-1-3-12(20)14-23-7-8-24-14/h4-5,9,12,14H,1-3,6-8H2. The summed E-state index contributed by atoms with van der Waals surface area (Å²) in [5, 5.41) is -0.245. The summed E-state index contributed by atoms with van der Waals surface area (Å²) >= 11 is 5.92. The van der Waals surface area contributed by atoms with Crippen molar-refractivity contribution in [2.24, 2.45) is 0 Å². The quantitative estimate of drug-likeness (QED) is 0.782. The molecule has 10 heteroatoms. The van der Waals surface area contributed by atoms with Crippen LogP contribution in [0.4, 0.5) is 13.2 Å². The Bertz CT molecular complexity index is 735. The fourth-order valence-corrected chi connectivity index (χ4v) is 5.29. The van der Waals surface area contributed by atoms with Gasteiger partial charge in [-0.15, -0.1) is 0 Å². The number of hydrogen-bond donors (Lipinski definition) is 0. The maximum atomic E-state index is 13.0. The first-order valence-corrected chi connectivity index (χ1v) is 9.65. The molecule has 0 saturated carbocycles. The van der Waals surface area contributed by atoms with Gasteiger partial charge in [-0.3, -0.25) is 0 Å². The second kappa shape index (κ2) is 7.03. The Morgan fingerprint density at radius 2 is 1.84 bits per heavy atom. The first kappa shape index (κ1) is 18.9. The van der Waals surface area contributed by atoms with E-state index in [0.29, 0.717) is 32.1 Å². The van der Waals surface area contributed by atoms with E-state index in [0.717, 1.165) is 22.9 Å². The highest BCUT2D eigenvalue weighted by atomic mass is 35.5. The van der Waals surface area contributed by atoms with Gasteiger partial charge in [0.2, 0.25) is 10.0 Å². The number of hydrogen-bond acceptors (Lipinski definition) is 4. The van der Waals surface area contributed by atoms with Gasteiger partial charge in [0.25, 0.3) is 0 Å². The lowest BCUT2D eigenvalue weighted by Crippen LogP contribution is -2.50. The van der Waals surface area contributed by atoms with Crippen molar-refractivity contribution in [2.75, 3.05) is 19.8 Å². The third kappa shape index (κ3) is 3.80. The molecule has 5 nitrogen and oxygen atoms in total. The van der Waals surface area contributed by atoms with Gasteiger partial charge < -0.3 is 9.47 Å². The van der Waals surface area contributed by atoms with Gasteiger partial charge >= 0.3 is 6.18 Å². The van der Waals surface area contributed by atoms with E-state index < -0.39 is 39.0 Å². The molecule has 0 radical (unpaired) electrons. The summed E-state index contributed by atoms with van der Waals surface area (Å²) in [5.74, 6) is 0. The summed E-state index contributed by atoms with van der Waals surface area (Å²) in [6, 6.07) is 1.73. The number of piperidine rings is 1. The molecule has 1 aromatic rings. The molecule has 0 aliphatic carbocycles. The predicted octanol–water partition coefficient (Wildman–Crippen LogP) is 3.27. The summed E-state index contributed by atoms with van der Waals surface area (Å²) in [6.45, 7) is 0.904. The molecule has 0 spiro atoms. The van der Waals surface area contributed by atoms with E-state index in [2.05, 4.69) is 0 Å². The van der Waals surface area contributed by atoms with Gasteiger partial charge in [0.15, 0.2) is 6.29 Å². The maximum Gasteiger partial charge on any atom is 0.416 e. The third-order valence-electron chi connectivity index (χ3n) is 4.31. The molecule has 2 fully saturated rings. The normalized spacial score (nSPS) is 23.9. The van der Waals surface area contributed by atoms with E-state index >= 15 is 0 Å². The van der Waals surface area contributed by atoms with Gasteiger partial charge in [-0.25, -0.2) is 8.42 Å². The average molecular weight is 400 g/mol. The van der Waals surface area contributed by atoms with Crippen LogP contribution in [0.3, 0.4) is 0 Å². The van der Waals surface area contributed by atoms with E-state index in [9.17, 15) is 21.6 Å². The Hall–Kier alpha value is -0.870. The van der Waals surface area contributed by atoms with Crippen LogP contribution in [0.15, 0.2) is 23.1 Å². The van der Waals surface area contributed by atoms with E-state index in [1.54, 1.807) is 0 Å². The Balaban J connectivity index is 1.99. The van der Waals surface area contributed by atoms with Crippen LogP contribution < -0.4 is 0 Å². The summed E-state index contributed by atoms with van der Waals surface area (Å²) < 4.78 is 76.9. The molecule has 0 aromatic heterocycles. The van der Waals surface area contributed by atoms with E-state index in [4.69, 9.17) is 21.1 Å². The van der Waals surface area contributed by atoms with Gasteiger partial charge in [-0.05, 0) is 31.0 Å². The molecule has 2 saturated heterocycles. The van der Waals surface area contributed by atoms with Crippen molar-refractivity contribution >= 4 is 21.6 Å². The van der Waals surface area contributed by atoms with Gasteiger partial charge in [0.05, 0.1) is 29.8 Å². The van der Waals surface area contributed by atoms with Gasteiger partial charge in [0, 0.05) is 6.54 Å². The van der Waals surface area contributed by atoms with Crippen LogP contribution in [0.1, 0.15) is 24.8 Å². The Morgan fingerprint density at radius 1 is 1.16 bits per heavy atom. The fraction of sp³-hybridized carbons (Fsp3) is 0.600. The maximum absolute atomic E-state index is 13.0. The largest absolute Gasteiger partial charge is 0.416 e. The zero-order valence-corrected chi connectivity index (χ0v) is 14.7. The van der Waals surface area contributed by atoms with E-state index in [1.165, 1.54) is 0 Å². The van der Waals surface area contributed by atoms with Crippen molar-refractivity contribution in [3.63, 3.8) is 0 Å². The van der Waals surface area contributed by atoms with Crippen LogP contribution in [0, 0.1) is 0 Å². The summed E-state index contributed by atoms with van der Waals surface area (Å²) in [6.07, 6.45) is -3.46. The van der Waals surface area contributed by atoms with Crippen LogP contribution in [-0.2, 0) is 25.7 Å². The minimum Gasteiger partial charge on any atom is -0.349 e. The van der Waals surface area contributed by atoms with Crippen molar-refractivity contribution in [1.29, 1.82) is 0 Å². The second-order valence-electron chi connectivity index (χ2n) is 5.93. The molecule has 2 aliphatic rings. The van der Waals surface area contributed by atoms with Crippen molar-refractivity contribution in [3.8, 4) is 0 Å². The summed E-state index contributed by atoms with van der Waals surface area (Å²) in [4.78, 5) is -0.547. The molecule has 1 aromatic carbocycles. The number of nitrogens with zero attached hydrogens (tertiary/aromatic N) is 1. The van der Waals surface area contributed by atoms with Crippen molar-refractivity contribution in [1.82, 2.24) is 4.31 Å². The minimum absolute atomic E-state index is 0.183. The lowest BCUT2D eigenvalue weighted by Gasteiger charge is -2.37. The minimum atomic E-state index is -4.66. The third-order valence-corrected chi connectivity index (χ3v) is 6.71. The topological polar surface area (TPSA) is 55.8 Å². The summed E-state index contributed by atoms with van der Waals surface area (Å²) in [5.41, 5.74) is -1.06. The highest BCUT2D eigenvalue weighted by molar-refractivity contribution is 7.89. The van der Waals surface area contributed by atoms with Crippen molar-refractivity contribution < 1.29 is 31.1 Å². The van der Waals surface area contributed by atoms with Gasteiger partial charge in [0.1, 0.15) is 4.90 Å². The molecule has 140 valence electrons. The highest BCUT2D eigenvalue weighted by Crippen LogP contribution is 2.36. The molecule has 2 heterocycles. The molecule has 3 rings (SSSR count). The van der Waals surface area contributed by atoms with Crippen LogP contribution in [-0.4, -0.2) is 44.8 Å². The molecular formula is C15H17ClF3NO4S. The summed E-state index contributed by atoms with van der Waals surface area (Å²) in [7, 11) is -4.22. The Kier molecular flexibility index (Phi) is 5.32. The van der Waals surface area contributed by atoms with Crippen LogP contribution in [0.2, 0.25) is 5.02 Å². The SMILES string of the molecule is O=S(=O)(c1cc(C(F)(F)F)ccc1Cl)N1CCCCC1C1OCCO1. The first-order chi connectivity index (χ1) is 11.7. The average Bonchev–Trinajstić information content (AvgIpc) is 3.08. The molecule has 1 atom stereocenters. The smallest absolute Gasteiger partial charge is 0.349 e. The first-order valence-electron chi connectivity index (χ1n) is 7.83. The monoisotopic (exact) mass is 399 g/mol. The fourth-order valence-electron chi connectivity index (χ4n) is 3.10. The van der Waals surface area contributed by atoms with Crippen molar-refractivity contribution in [3.05, 3.63) is 28.8 Å². The number of halogens is 4.